The number of hydrogen-bond donors (Lipinski definition) is 5. The topological polar surface area (TPSA) is 164 Å². The van der Waals surface area contributed by atoms with Crippen LogP contribution in [0.5, 0.6) is 0 Å². The van der Waals surface area contributed by atoms with Gasteiger partial charge in [0, 0.05) is 6.42 Å². The number of rotatable bonds is 8. The minimum Gasteiger partial charge on any atom is -0.414 e. The highest BCUT2D eigenvalue weighted by atomic mass is 28.4. The van der Waals surface area contributed by atoms with Crippen LogP contribution in [0.4, 0.5) is 5.95 Å². The molecule has 2 aromatic heterocycles. The third-order valence-electron chi connectivity index (χ3n) is 13.2. The van der Waals surface area contributed by atoms with Crippen molar-refractivity contribution in [3.63, 3.8) is 0 Å². The quantitative estimate of drug-likeness (QED) is 0.0764. The van der Waals surface area contributed by atoms with E-state index in [9.17, 15) is 20.1 Å². The van der Waals surface area contributed by atoms with Crippen LogP contribution in [-0.4, -0.2) is 82.5 Å². The van der Waals surface area contributed by atoms with Crippen LogP contribution < -0.4 is 10.9 Å². The zero-order valence-corrected chi connectivity index (χ0v) is 36.0. The molecule has 14 heteroatoms. The van der Waals surface area contributed by atoms with E-state index in [1.54, 1.807) is 10.9 Å². The average Bonchev–Trinajstić information content (AvgIpc) is 3.73. The van der Waals surface area contributed by atoms with Crippen LogP contribution in [0.3, 0.4) is 0 Å². The zero-order chi connectivity index (χ0) is 40.3. The largest absolute Gasteiger partial charge is 0.414 e. The van der Waals surface area contributed by atoms with Crippen LogP contribution in [0.2, 0.25) is 36.3 Å². The second kappa shape index (κ2) is 13.4. The number of hydrogen-bond acceptors (Lipinski definition) is 10. The zero-order valence-electron chi connectivity index (χ0n) is 34.0. The summed E-state index contributed by atoms with van der Waals surface area (Å²) in [5, 5.41) is 43.3. The molecule has 0 spiro atoms. The summed E-state index contributed by atoms with van der Waals surface area (Å²) in [6, 6.07) is 15.2. The number of aliphatic hydroxyl groups excluding tert-OH is 3. The highest BCUT2D eigenvalue weighted by molar-refractivity contribution is 6.74. The first-order valence-corrected chi connectivity index (χ1v) is 25.4. The molecule has 0 radical (unpaired) electrons. The number of aromatic amines is 1. The van der Waals surface area contributed by atoms with Gasteiger partial charge in [-0.15, -0.1) is 0 Å². The summed E-state index contributed by atoms with van der Waals surface area (Å²) in [5.74, 6) is 0.0819. The molecular weight excluding hydrogens is 743 g/mol. The second-order valence-electron chi connectivity index (χ2n) is 18.9. The Morgan fingerprint density at radius 1 is 0.911 bits per heavy atom. The number of ether oxygens (including phenoxy) is 1. The van der Waals surface area contributed by atoms with Crippen molar-refractivity contribution in [3.8, 4) is 0 Å². The standard InChI is InChI=1S/C42H55N5O7Si2/c1-41(2,3)55(7,8)52-20-28-27(54-56(9,10)42(4,5)6)19-29(53-28)47-21-43-34-38(47)45-40(46-39(34)51)44-33-32-25-17-16-23-13-11-12-22-14-15-24(31(25)30(22)23)18-26(32)35(48)37(50)36(33)49/h11-18,21,27-29,33,35-37,48-50H,19-20H2,1-10H3,(H2,44,45,46,51)/t27-,28+,29+,33-,35-,36-,37+/m0/s1. The third kappa shape index (κ3) is 6.38. The van der Waals surface area contributed by atoms with Crippen molar-refractivity contribution >= 4 is 66.1 Å². The number of anilines is 1. The molecule has 0 bridgehead atoms. The van der Waals surface area contributed by atoms with Gasteiger partial charge in [-0.2, -0.15) is 4.98 Å². The molecule has 1 saturated heterocycles. The molecule has 1 aliphatic carbocycles. The second-order valence-corrected chi connectivity index (χ2v) is 28.4. The van der Waals surface area contributed by atoms with Gasteiger partial charge in [-0.1, -0.05) is 84.0 Å². The Labute approximate surface area is 328 Å². The van der Waals surface area contributed by atoms with Crippen molar-refractivity contribution in [3.05, 3.63) is 76.3 Å². The number of aliphatic hydroxyl groups is 3. The van der Waals surface area contributed by atoms with E-state index >= 15 is 0 Å². The molecule has 7 atom stereocenters. The van der Waals surface area contributed by atoms with Crippen molar-refractivity contribution in [1.82, 2.24) is 19.5 Å². The van der Waals surface area contributed by atoms with E-state index in [0.717, 1.165) is 32.3 Å². The average molecular weight is 798 g/mol. The maximum atomic E-state index is 13.6. The number of imidazole rings is 1. The molecule has 0 saturated carbocycles. The Kier molecular flexibility index (Phi) is 9.37. The Bertz CT molecular complexity index is 2490. The molecule has 56 heavy (non-hydrogen) atoms. The van der Waals surface area contributed by atoms with Gasteiger partial charge in [0.25, 0.3) is 5.56 Å². The van der Waals surface area contributed by atoms with Gasteiger partial charge in [0.1, 0.15) is 30.6 Å². The smallest absolute Gasteiger partial charge is 0.280 e. The predicted octanol–water partition coefficient (Wildman–Crippen LogP) is 7.64. The molecule has 298 valence electrons. The van der Waals surface area contributed by atoms with Gasteiger partial charge in [0.15, 0.2) is 27.8 Å². The molecule has 4 aromatic carbocycles. The highest BCUT2D eigenvalue weighted by Crippen LogP contribution is 2.47. The lowest BCUT2D eigenvalue weighted by Gasteiger charge is -2.40. The van der Waals surface area contributed by atoms with Crippen LogP contribution in [0.25, 0.3) is 43.5 Å². The summed E-state index contributed by atoms with van der Waals surface area (Å²) in [5.41, 5.74) is 1.11. The third-order valence-corrected chi connectivity index (χ3v) is 22.3. The molecule has 8 rings (SSSR count). The number of nitrogens with one attached hydrogen (secondary N) is 2. The fourth-order valence-electron chi connectivity index (χ4n) is 7.90. The summed E-state index contributed by atoms with van der Waals surface area (Å²) in [7, 11) is -4.32. The van der Waals surface area contributed by atoms with Crippen LogP contribution in [0, 0.1) is 0 Å². The lowest BCUT2D eigenvalue weighted by molar-refractivity contribution is -0.0767. The van der Waals surface area contributed by atoms with Gasteiger partial charge in [-0.05, 0) is 85.8 Å². The summed E-state index contributed by atoms with van der Waals surface area (Å²) < 4.78 is 22.2. The first kappa shape index (κ1) is 39.1. The Hall–Kier alpha value is -3.74. The van der Waals surface area contributed by atoms with Crippen LogP contribution in [0.15, 0.2) is 59.7 Å². The predicted molar refractivity (Wildman–Crippen MR) is 225 cm³/mol. The number of fused-ring (bicyclic) bond motifs is 3. The molecule has 12 nitrogen and oxygen atoms in total. The highest BCUT2D eigenvalue weighted by Gasteiger charge is 2.47. The van der Waals surface area contributed by atoms with Crippen molar-refractivity contribution in [1.29, 1.82) is 0 Å². The summed E-state index contributed by atoms with van der Waals surface area (Å²) in [6.45, 7) is 22.6. The first-order valence-electron chi connectivity index (χ1n) is 19.6. The maximum Gasteiger partial charge on any atom is 0.280 e. The van der Waals surface area contributed by atoms with Crippen LogP contribution in [0.1, 0.15) is 77.5 Å². The Balaban J connectivity index is 1.17. The molecule has 0 unspecified atom stereocenters. The maximum absolute atomic E-state index is 13.6. The minimum absolute atomic E-state index is 0.0189. The van der Waals surface area contributed by atoms with Gasteiger partial charge in [-0.3, -0.25) is 14.3 Å². The molecule has 5 N–H and O–H groups in total. The Morgan fingerprint density at radius 3 is 2.25 bits per heavy atom. The van der Waals surface area contributed by atoms with E-state index in [4.69, 9.17) is 18.6 Å². The number of H-pyrrole nitrogens is 1. The van der Waals surface area contributed by atoms with E-state index in [1.165, 1.54) is 0 Å². The van der Waals surface area contributed by atoms with Crippen molar-refractivity contribution in [2.24, 2.45) is 0 Å². The number of nitrogens with zero attached hydrogens (tertiary/aromatic N) is 3. The lowest BCUT2D eigenvalue weighted by Crippen LogP contribution is -2.48. The molecule has 1 fully saturated rings. The van der Waals surface area contributed by atoms with Crippen molar-refractivity contribution < 1.29 is 28.9 Å². The summed E-state index contributed by atoms with van der Waals surface area (Å²) in [4.78, 5) is 25.8. The number of benzene rings is 4. The molecule has 0 amide bonds. The normalized spacial score (nSPS) is 25.2. The molecule has 6 aromatic rings. The van der Waals surface area contributed by atoms with Crippen LogP contribution >= 0.6 is 0 Å². The first-order chi connectivity index (χ1) is 26.2. The van der Waals surface area contributed by atoms with Crippen LogP contribution in [-0.2, 0) is 13.6 Å². The van der Waals surface area contributed by atoms with Gasteiger partial charge in [0.2, 0.25) is 5.95 Å². The Morgan fingerprint density at radius 2 is 1.57 bits per heavy atom. The van der Waals surface area contributed by atoms with E-state index in [1.807, 2.05) is 30.3 Å². The van der Waals surface area contributed by atoms with Gasteiger partial charge in [0.05, 0.1) is 25.1 Å². The van der Waals surface area contributed by atoms with E-state index < -0.39 is 52.8 Å². The van der Waals surface area contributed by atoms with Crippen molar-refractivity contribution in [2.75, 3.05) is 11.9 Å². The van der Waals surface area contributed by atoms with E-state index in [0.29, 0.717) is 29.8 Å². The molecule has 1 aliphatic heterocycles. The molecular formula is C42H55N5O7Si2. The lowest BCUT2D eigenvalue weighted by atomic mass is 9.77. The summed E-state index contributed by atoms with van der Waals surface area (Å²) in [6.07, 6.45) is -3.30. The van der Waals surface area contributed by atoms with E-state index in [-0.39, 0.29) is 33.7 Å². The SMILES string of the molecule is CC(C)(C)[Si](C)(C)OC[C@H]1O[C@@H](n2cnc3c(=O)[nH]c(N[C@H]4c5c(cc6ccc7cccc8ccc5c6c78)[C@H](O)[C@@H](O)[C@H]4O)nc32)C[C@@H]1O[Si](C)(C)C(C)(C)C. The van der Waals surface area contributed by atoms with Gasteiger partial charge >= 0.3 is 0 Å². The molecule has 3 heterocycles. The van der Waals surface area contributed by atoms with E-state index in [2.05, 4.69) is 101 Å². The van der Waals surface area contributed by atoms with Crippen molar-refractivity contribution in [2.45, 2.75) is 127 Å². The number of aromatic nitrogens is 4. The monoisotopic (exact) mass is 797 g/mol. The summed E-state index contributed by atoms with van der Waals surface area (Å²) >= 11 is 0. The van der Waals surface area contributed by atoms with Gasteiger partial charge in [-0.25, -0.2) is 4.98 Å². The minimum atomic E-state index is -2.21. The fourth-order valence-corrected chi connectivity index (χ4v) is 10.3. The fraction of sp³-hybridized carbons (Fsp3) is 0.500. The molecule has 2 aliphatic rings. The van der Waals surface area contributed by atoms with Gasteiger partial charge < -0.3 is 34.2 Å².